The van der Waals surface area contributed by atoms with Gasteiger partial charge in [0.2, 0.25) is 6.29 Å². The molecule has 12 atom stereocenters. The van der Waals surface area contributed by atoms with Gasteiger partial charge in [0.1, 0.15) is 31.0 Å². The highest BCUT2D eigenvalue weighted by molar-refractivity contribution is 5.92. The topological polar surface area (TPSA) is 220 Å². The van der Waals surface area contributed by atoms with Gasteiger partial charge in [-0.2, -0.15) is 0 Å². The van der Waals surface area contributed by atoms with E-state index in [1.807, 2.05) is 0 Å². The SMILES string of the molecule is C=C(C)C(=O)OC1CC(=O)CO1.C=C(C)C(=O)OC1CC2OC1C1C(=C)OCC21.C=C(C)C(=O)OC1CCCC1=O.C=C(C)C(=O)OCC(=O)OC1C2CC3C(=O)OC1C3C2. The lowest BCUT2D eigenvalue weighted by molar-refractivity contribution is -0.168. The number of Topliss-reactive ketones (excluding diaryl/α,β-unsaturated/α-hetero) is 2. The number of carbonyl (C=O) groups is 8. The predicted octanol–water partition coefficient (Wildman–Crippen LogP) is 3.67. The molecule has 0 aromatic heterocycles. The molecule has 12 unspecified atom stereocenters. The molecule has 5 saturated heterocycles. The van der Waals surface area contributed by atoms with Crippen LogP contribution in [-0.2, 0) is 81.0 Å². The number of fused-ring (bicyclic) bond motifs is 6. The summed E-state index contributed by atoms with van der Waals surface area (Å²) in [7, 11) is 0. The summed E-state index contributed by atoms with van der Waals surface area (Å²) in [4.78, 5) is 89.5. The summed E-state index contributed by atoms with van der Waals surface area (Å²) in [5, 5.41) is 0. The van der Waals surface area contributed by atoms with Crippen molar-refractivity contribution in [2.75, 3.05) is 19.8 Å². The monoisotopic (exact) mass is 854 g/mol. The summed E-state index contributed by atoms with van der Waals surface area (Å²) < 4.78 is 46.6. The van der Waals surface area contributed by atoms with Crippen molar-refractivity contribution in [3.8, 4) is 0 Å². The summed E-state index contributed by atoms with van der Waals surface area (Å²) in [5.74, 6) is -1.03. The van der Waals surface area contributed by atoms with Crippen LogP contribution >= 0.6 is 0 Å². The first-order chi connectivity index (χ1) is 28.7. The molecule has 3 saturated carbocycles. The number of rotatable bonds is 10. The van der Waals surface area contributed by atoms with Crippen molar-refractivity contribution in [2.45, 2.75) is 116 Å². The normalized spacial score (nSPS) is 32.6. The number of carbonyl (C=O) groups excluding carboxylic acids is 8. The van der Waals surface area contributed by atoms with E-state index in [4.69, 9.17) is 42.6 Å². The molecule has 0 spiro atoms. The molecule has 8 rings (SSSR count). The molecule has 0 aromatic rings. The third-order valence-electron chi connectivity index (χ3n) is 11.5. The lowest BCUT2D eigenvalue weighted by Crippen LogP contribution is -2.38. The van der Waals surface area contributed by atoms with Crippen LogP contribution in [0.4, 0.5) is 0 Å². The number of ether oxygens (including phenoxy) is 9. The first kappa shape index (κ1) is 46.6. The van der Waals surface area contributed by atoms with Gasteiger partial charge in [0.05, 0.1) is 36.7 Å². The van der Waals surface area contributed by atoms with E-state index in [2.05, 4.69) is 32.9 Å². The zero-order valence-electron chi connectivity index (χ0n) is 35.0. The lowest BCUT2D eigenvalue weighted by Gasteiger charge is -2.26. The van der Waals surface area contributed by atoms with Crippen LogP contribution in [-0.4, -0.2) is 110 Å². The Morgan fingerprint density at radius 1 is 0.754 bits per heavy atom. The molecule has 0 N–H and O–H groups in total. The van der Waals surface area contributed by atoms with Gasteiger partial charge in [-0.15, -0.1) is 0 Å². The van der Waals surface area contributed by atoms with Crippen molar-refractivity contribution in [3.05, 3.63) is 60.9 Å². The van der Waals surface area contributed by atoms with Crippen molar-refractivity contribution in [2.24, 2.45) is 29.6 Å². The van der Waals surface area contributed by atoms with E-state index in [9.17, 15) is 38.4 Å². The molecule has 5 aliphatic heterocycles. The molecule has 0 amide bonds. The van der Waals surface area contributed by atoms with Gasteiger partial charge in [-0.3, -0.25) is 14.4 Å². The van der Waals surface area contributed by atoms with Crippen molar-refractivity contribution < 1.29 is 81.0 Å². The van der Waals surface area contributed by atoms with E-state index in [1.165, 1.54) is 6.92 Å². The number of hydrogen-bond donors (Lipinski definition) is 0. The van der Waals surface area contributed by atoms with Crippen LogP contribution in [0.25, 0.3) is 0 Å². The van der Waals surface area contributed by atoms with Crippen molar-refractivity contribution in [1.29, 1.82) is 0 Å². The zero-order valence-corrected chi connectivity index (χ0v) is 35.0. The first-order valence-electron chi connectivity index (χ1n) is 20.2. The second-order valence-corrected chi connectivity index (χ2v) is 16.5. The van der Waals surface area contributed by atoms with Gasteiger partial charge in [-0.05, 0) is 53.4 Å². The minimum Gasteiger partial charge on any atom is -0.498 e. The standard InChI is InChI=1S/C14H16O6.C13H16O4.C9H12O3.C8H10O4/c1-6(2)13(16)18-5-10(15)19-11-7-3-8-9(4-7)14(17)20-12(8)11;1-6(2)13(14)17-10-4-9-8-5-15-7(3)11(8)12(10)16-9;1-6(2)9(11)12-8-5-3-4-7(8)10;1-5(2)8(10)12-7-3-6(9)4-11-7/h7-9,11-12H,1,3-5H2,2H3;8-12H,1,3-5H2,2H3;8H,1,3-5H2,2H3;7H,1,3-4H2,2H3. The van der Waals surface area contributed by atoms with Gasteiger partial charge < -0.3 is 42.6 Å². The second-order valence-electron chi connectivity index (χ2n) is 16.5. The fraction of sp³-hybridized carbons (Fsp3) is 0.591. The summed E-state index contributed by atoms with van der Waals surface area (Å²) >= 11 is 0. The summed E-state index contributed by atoms with van der Waals surface area (Å²) in [6.45, 7) is 24.3. The highest BCUT2D eigenvalue weighted by Crippen LogP contribution is 2.55. The highest BCUT2D eigenvalue weighted by atomic mass is 16.7. The van der Waals surface area contributed by atoms with E-state index in [0.29, 0.717) is 42.1 Å². The zero-order chi connectivity index (χ0) is 44.9. The van der Waals surface area contributed by atoms with Crippen LogP contribution in [0.5, 0.6) is 0 Å². The first-order valence-corrected chi connectivity index (χ1v) is 20.2. The molecular formula is C44H54O17. The fourth-order valence-electron chi connectivity index (χ4n) is 8.48. The molecule has 332 valence electrons. The minimum atomic E-state index is -0.707. The molecular weight excluding hydrogens is 800 g/mol. The van der Waals surface area contributed by atoms with Crippen molar-refractivity contribution in [3.63, 3.8) is 0 Å². The maximum atomic E-state index is 11.7. The predicted molar refractivity (Wildman–Crippen MR) is 209 cm³/mol. The molecule has 61 heavy (non-hydrogen) atoms. The largest absolute Gasteiger partial charge is 0.498 e. The minimum absolute atomic E-state index is 0.0128. The number of hydrogen-bond acceptors (Lipinski definition) is 17. The van der Waals surface area contributed by atoms with E-state index >= 15 is 0 Å². The van der Waals surface area contributed by atoms with Gasteiger partial charge >= 0.3 is 35.8 Å². The Balaban J connectivity index is 0.000000158. The third-order valence-corrected chi connectivity index (χ3v) is 11.5. The van der Waals surface area contributed by atoms with Crippen LogP contribution in [0.2, 0.25) is 0 Å². The van der Waals surface area contributed by atoms with Crippen LogP contribution in [0.1, 0.15) is 72.6 Å². The van der Waals surface area contributed by atoms with Crippen LogP contribution < -0.4 is 0 Å². The Morgan fingerprint density at radius 3 is 1.98 bits per heavy atom. The fourth-order valence-corrected chi connectivity index (χ4v) is 8.48. The molecule has 5 heterocycles. The Hall–Kier alpha value is -5.42. The second kappa shape index (κ2) is 20.0. The number of esters is 6. The molecule has 8 fully saturated rings. The smallest absolute Gasteiger partial charge is 0.344 e. The van der Waals surface area contributed by atoms with Gasteiger partial charge in [0, 0.05) is 52.9 Å². The van der Waals surface area contributed by atoms with Gasteiger partial charge in [-0.1, -0.05) is 32.9 Å². The Labute approximate surface area is 353 Å². The molecule has 3 aliphatic carbocycles. The average molecular weight is 855 g/mol. The molecule has 0 aromatic carbocycles. The van der Waals surface area contributed by atoms with E-state index in [1.54, 1.807) is 20.8 Å². The molecule has 4 bridgehead atoms. The number of ketones is 2. The third kappa shape index (κ3) is 11.3. The summed E-state index contributed by atoms with van der Waals surface area (Å²) in [6, 6.07) is 0. The van der Waals surface area contributed by atoms with Gasteiger partial charge in [-0.25, -0.2) is 24.0 Å². The van der Waals surface area contributed by atoms with Gasteiger partial charge in [0.15, 0.2) is 24.3 Å². The van der Waals surface area contributed by atoms with Crippen molar-refractivity contribution in [1.82, 2.24) is 0 Å². The molecule has 17 heteroatoms. The summed E-state index contributed by atoms with van der Waals surface area (Å²) in [5.41, 5.74) is 1.30. The van der Waals surface area contributed by atoms with E-state index in [0.717, 1.165) is 31.4 Å². The maximum Gasteiger partial charge on any atom is 0.344 e. The molecule has 17 nitrogen and oxygen atoms in total. The maximum absolute atomic E-state index is 11.7. The van der Waals surface area contributed by atoms with Crippen molar-refractivity contribution >= 4 is 47.4 Å². The quantitative estimate of drug-likeness (QED) is 0.174. The van der Waals surface area contributed by atoms with Gasteiger partial charge in [0.25, 0.3) is 0 Å². The van der Waals surface area contributed by atoms with E-state index in [-0.39, 0.29) is 90.2 Å². The Kier molecular flexibility index (Phi) is 15.3. The Morgan fingerprint density at radius 2 is 1.39 bits per heavy atom. The van der Waals surface area contributed by atoms with Crippen LogP contribution in [0, 0.1) is 29.6 Å². The Bertz CT molecular complexity index is 1880. The van der Waals surface area contributed by atoms with Crippen LogP contribution in [0.15, 0.2) is 60.9 Å². The molecule has 8 aliphatic rings. The summed E-state index contributed by atoms with van der Waals surface area (Å²) in [6.07, 6.45) is 2.51. The lowest BCUT2D eigenvalue weighted by atomic mass is 9.79. The molecule has 0 radical (unpaired) electrons. The highest BCUT2D eigenvalue weighted by Gasteiger charge is 2.63. The average Bonchev–Trinajstić information content (AvgIpc) is 4.07. The van der Waals surface area contributed by atoms with E-state index < -0.39 is 49.0 Å². The van der Waals surface area contributed by atoms with Crippen LogP contribution in [0.3, 0.4) is 0 Å².